The molecule has 238 valence electrons. The van der Waals surface area contributed by atoms with Crippen LogP contribution in [-0.4, -0.2) is 21.0 Å². The van der Waals surface area contributed by atoms with Crippen molar-refractivity contribution in [2.45, 2.75) is 121 Å². The van der Waals surface area contributed by atoms with Crippen molar-refractivity contribution in [3.05, 3.63) is 113 Å². The van der Waals surface area contributed by atoms with Gasteiger partial charge in [-0.3, -0.25) is 0 Å². The van der Waals surface area contributed by atoms with Crippen molar-refractivity contribution in [1.29, 1.82) is 0 Å². The first-order valence-electron chi connectivity index (χ1n) is 17.5. The van der Waals surface area contributed by atoms with Crippen LogP contribution in [0.15, 0.2) is 84.9 Å². The van der Waals surface area contributed by atoms with Crippen LogP contribution in [0.4, 0.5) is 5.69 Å². The summed E-state index contributed by atoms with van der Waals surface area (Å²) in [5, 5.41) is 5.13. The van der Waals surface area contributed by atoms with E-state index in [1.807, 2.05) is 0 Å². The van der Waals surface area contributed by atoms with Gasteiger partial charge in [0.2, 0.25) is 0 Å². The summed E-state index contributed by atoms with van der Waals surface area (Å²) >= 11 is 0.466. The predicted octanol–water partition coefficient (Wildman–Crippen LogP) is 12.6. The number of nitrogens with one attached hydrogen (secondary N) is 1. The van der Waals surface area contributed by atoms with E-state index in [0.29, 0.717) is 44.7 Å². The topological polar surface area (TPSA) is 12.0 Å². The molecule has 0 heterocycles. The van der Waals surface area contributed by atoms with Gasteiger partial charge in [0.05, 0.1) is 0 Å². The van der Waals surface area contributed by atoms with Gasteiger partial charge in [0, 0.05) is 0 Å². The Morgan fingerprint density at radius 1 is 0.556 bits per heavy atom. The fraction of sp³-hybridized carbons (Fsp3) is 0.442. The second kappa shape index (κ2) is 15.2. The molecule has 4 aromatic rings. The van der Waals surface area contributed by atoms with Crippen LogP contribution in [0.2, 0.25) is 4.82 Å². The van der Waals surface area contributed by atoms with E-state index < -0.39 is 0 Å². The summed E-state index contributed by atoms with van der Waals surface area (Å²) in [6.45, 7) is 18.9. The molecule has 1 aliphatic carbocycles. The molecular formula is C43H55NSe. The summed E-state index contributed by atoms with van der Waals surface area (Å²) < 4.78 is 0. The zero-order valence-electron chi connectivity index (χ0n) is 29.0. The second-order valence-electron chi connectivity index (χ2n) is 14.3. The molecule has 1 fully saturated rings. The van der Waals surface area contributed by atoms with Crippen LogP contribution in [-0.2, 0) is 5.32 Å². The van der Waals surface area contributed by atoms with Gasteiger partial charge in [-0.1, -0.05) is 0 Å². The Kier molecular flexibility index (Phi) is 11.3. The second-order valence-corrected chi connectivity index (χ2v) is 16.9. The number of rotatable bonds is 11. The van der Waals surface area contributed by atoms with Crippen molar-refractivity contribution in [3.8, 4) is 22.3 Å². The maximum absolute atomic E-state index is 3.97. The molecule has 1 nitrogen and oxygen atoms in total. The third kappa shape index (κ3) is 7.61. The molecule has 0 amide bonds. The van der Waals surface area contributed by atoms with Crippen molar-refractivity contribution in [2.24, 2.45) is 0 Å². The van der Waals surface area contributed by atoms with E-state index in [-0.39, 0.29) is 0 Å². The van der Waals surface area contributed by atoms with Crippen LogP contribution >= 0.6 is 0 Å². The molecule has 45 heavy (non-hydrogen) atoms. The normalized spacial score (nSPS) is 17.1. The third-order valence-electron chi connectivity index (χ3n) is 9.73. The van der Waals surface area contributed by atoms with Gasteiger partial charge in [-0.05, 0) is 0 Å². The van der Waals surface area contributed by atoms with Crippen LogP contribution in [0.1, 0.15) is 133 Å². The molecule has 0 aromatic heterocycles. The van der Waals surface area contributed by atoms with Crippen molar-refractivity contribution in [3.63, 3.8) is 0 Å². The molecule has 0 spiro atoms. The molecule has 4 aromatic carbocycles. The van der Waals surface area contributed by atoms with E-state index in [2.05, 4.69) is 146 Å². The first kappa shape index (κ1) is 33.6. The third-order valence-corrected chi connectivity index (χ3v) is 12.8. The first-order valence-corrected chi connectivity index (χ1v) is 19.7. The molecular weight excluding hydrogens is 609 g/mol. The van der Waals surface area contributed by atoms with Gasteiger partial charge in [-0.15, -0.1) is 0 Å². The van der Waals surface area contributed by atoms with Gasteiger partial charge >= 0.3 is 282 Å². The van der Waals surface area contributed by atoms with Gasteiger partial charge < -0.3 is 0 Å². The van der Waals surface area contributed by atoms with Gasteiger partial charge in [-0.2, -0.15) is 0 Å². The zero-order chi connectivity index (χ0) is 32.1. The van der Waals surface area contributed by atoms with Gasteiger partial charge in [0.15, 0.2) is 0 Å². The van der Waals surface area contributed by atoms with E-state index in [1.165, 1.54) is 75.9 Å². The van der Waals surface area contributed by atoms with E-state index in [4.69, 9.17) is 0 Å². The first-order chi connectivity index (χ1) is 21.7. The molecule has 1 aliphatic rings. The number of para-hydroxylation sites is 1. The van der Waals surface area contributed by atoms with Gasteiger partial charge in [-0.25, -0.2) is 0 Å². The average molecular weight is 665 g/mol. The number of hydrogen-bond donors (Lipinski definition) is 1. The van der Waals surface area contributed by atoms with Crippen molar-refractivity contribution in [2.75, 3.05) is 5.32 Å². The van der Waals surface area contributed by atoms with Crippen LogP contribution < -0.4 is 5.32 Å². The van der Waals surface area contributed by atoms with E-state index in [0.717, 1.165) is 10.1 Å². The van der Waals surface area contributed by atoms with Crippen LogP contribution in [0, 0.1) is 0 Å². The Morgan fingerprint density at radius 2 is 1.00 bits per heavy atom. The monoisotopic (exact) mass is 665 g/mol. The minimum absolute atomic E-state index is 0.465. The summed E-state index contributed by atoms with van der Waals surface area (Å²) in [4.78, 5) is 0.724. The summed E-state index contributed by atoms with van der Waals surface area (Å²) in [5.41, 5.74) is 14.7. The number of hydrogen-bond acceptors (Lipinski definition) is 1. The minimum atomic E-state index is 0.465. The molecule has 0 saturated heterocycles. The molecule has 0 unspecified atom stereocenters. The van der Waals surface area contributed by atoms with Gasteiger partial charge in [0.25, 0.3) is 0 Å². The Hall–Kier alpha value is -2.80. The summed E-state index contributed by atoms with van der Waals surface area (Å²) in [6.07, 6.45) is 5.30. The van der Waals surface area contributed by atoms with Crippen molar-refractivity contribution in [1.82, 2.24) is 0 Å². The van der Waals surface area contributed by atoms with Crippen molar-refractivity contribution < 1.29 is 0 Å². The molecule has 5 rings (SSSR count). The predicted molar refractivity (Wildman–Crippen MR) is 199 cm³/mol. The molecule has 0 bridgehead atoms. The van der Waals surface area contributed by atoms with Crippen LogP contribution in [0.3, 0.4) is 0 Å². The van der Waals surface area contributed by atoms with Gasteiger partial charge in [0.1, 0.15) is 0 Å². The van der Waals surface area contributed by atoms with Crippen LogP contribution in [0.5, 0.6) is 0 Å². The van der Waals surface area contributed by atoms with E-state index in [1.54, 1.807) is 5.56 Å². The molecule has 0 radical (unpaired) electrons. The van der Waals surface area contributed by atoms with E-state index in [9.17, 15) is 0 Å². The summed E-state index contributed by atoms with van der Waals surface area (Å²) in [7, 11) is 0. The molecule has 1 N–H and O–H groups in total. The Morgan fingerprint density at radius 3 is 1.47 bits per heavy atom. The SMILES string of the molecule is CC(C)c1cccc(C(C)C)c1-c1cccc(-c2c(C(C)C)cccc2C(C)C)c1C[Se][C@@H]1CCCC[C@H]1Nc1ccccc1. The quantitative estimate of drug-likeness (QED) is 0.157. The summed E-state index contributed by atoms with van der Waals surface area (Å²) in [5.74, 6) is 1.86. The van der Waals surface area contributed by atoms with Crippen LogP contribution in [0.25, 0.3) is 22.3 Å². The molecule has 1 saturated carbocycles. The van der Waals surface area contributed by atoms with Crippen molar-refractivity contribution >= 4 is 20.6 Å². The number of anilines is 1. The fourth-order valence-electron chi connectivity index (χ4n) is 7.34. The van der Waals surface area contributed by atoms with E-state index >= 15 is 0 Å². The standard InChI is InChI=1S/C43H55NSe/c1-28(2)33-19-14-20-34(29(3)4)42(33)37-23-16-24-38(43-35(30(5)6)21-15-22-36(43)31(7)8)39(37)27-45-41-26-13-12-25-40(41)44-32-17-10-9-11-18-32/h9-11,14-24,28-31,40-41,44H,12-13,25-27H2,1-8H3/t40-,41-/m1/s1. The summed E-state index contributed by atoms with van der Waals surface area (Å²) in [6, 6.07) is 32.8. The Balaban J connectivity index is 1.69. The maximum atomic E-state index is 3.97. The fourth-order valence-corrected chi connectivity index (χ4v) is 10.4. The zero-order valence-corrected chi connectivity index (χ0v) is 30.7. The average Bonchev–Trinajstić information content (AvgIpc) is 3.03. The number of benzene rings is 4. The molecule has 0 aliphatic heterocycles. The Labute approximate surface area is 280 Å². The molecule has 2 atom stereocenters. The Bertz CT molecular complexity index is 1410. The molecule has 2 heteroatoms.